The van der Waals surface area contributed by atoms with Gasteiger partial charge in [0.2, 0.25) is 0 Å². The predicted octanol–water partition coefficient (Wildman–Crippen LogP) is 5.35. The van der Waals surface area contributed by atoms with Gasteiger partial charge in [0, 0.05) is 43.4 Å². The van der Waals surface area contributed by atoms with Crippen LogP contribution in [0, 0.1) is 14.9 Å². The Hall–Kier alpha value is -2.31. The molecule has 0 radical (unpaired) electrons. The Morgan fingerprint density at radius 3 is 0.921 bits per heavy atom. The first-order valence-electron chi connectivity index (χ1n) is 10.9. The largest absolute Gasteiger partial charge is 0.748 e. The molecule has 0 aliphatic rings. The van der Waals surface area contributed by atoms with Gasteiger partial charge in [0.15, 0.2) is 12.2 Å². The van der Waals surface area contributed by atoms with E-state index in [-0.39, 0.29) is 71.5 Å². The van der Waals surface area contributed by atoms with E-state index >= 15 is 0 Å². The van der Waals surface area contributed by atoms with Crippen molar-refractivity contribution < 1.29 is 72.7 Å². The fourth-order valence-electron chi connectivity index (χ4n) is 2.00. The molecule has 2 atom stereocenters. The molecule has 0 saturated carbocycles. The summed E-state index contributed by atoms with van der Waals surface area (Å²) in [6, 6.07) is 40.0. The third-order valence-electron chi connectivity index (χ3n) is 3.58. The molecule has 0 bridgehead atoms. The van der Waals surface area contributed by atoms with Crippen LogP contribution in [0.2, 0.25) is 0 Å². The first-order chi connectivity index (χ1) is 16.5. The van der Waals surface area contributed by atoms with E-state index in [4.69, 9.17) is 10.2 Å². The molecule has 38 heavy (non-hydrogen) atoms. The Balaban J connectivity index is -0.000000126. The summed E-state index contributed by atoms with van der Waals surface area (Å²) in [6.07, 6.45) is -3.79. The van der Waals surface area contributed by atoms with Crippen molar-refractivity contribution in [2.45, 2.75) is 26.1 Å². The summed E-state index contributed by atoms with van der Waals surface area (Å²) in [5.74, 6) is -2.10. The van der Waals surface area contributed by atoms with Crippen LogP contribution >= 0.6 is 0 Å². The summed E-state index contributed by atoms with van der Waals surface area (Å²) in [6.45, 7) is 3.21. The molecule has 4 rings (SSSR count). The van der Waals surface area contributed by atoms with Crippen LogP contribution in [0.25, 0.3) is 0 Å². The Labute approximate surface area is 258 Å². The van der Waals surface area contributed by atoms with Gasteiger partial charge in [0.1, 0.15) is 0 Å². The average molecular weight is 592 g/mol. The first-order valence-corrected chi connectivity index (χ1v) is 10.9. The molecule has 0 saturated heterocycles. The number of hydrogen-bond acceptors (Lipinski definition) is 6. The summed E-state index contributed by atoms with van der Waals surface area (Å²) < 4.78 is 8.79. The Morgan fingerprint density at radius 2 is 0.789 bits per heavy atom. The summed E-state index contributed by atoms with van der Waals surface area (Å²) in [5.41, 5.74) is 0. The van der Waals surface area contributed by atoms with E-state index in [2.05, 4.69) is 9.47 Å². The molecular weight excluding hydrogens is 552 g/mol. The van der Waals surface area contributed by atoms with Crippen LogP contribution < -0.4 is 0 Å². The second-order valence-corrected chi connectivity index (χ2v) is 6.24. The first kappa shape index (κ1) is 45.6. The molecule has 4 aromatic carbocycles. The molecule has 0 fully saturated rings. The normalized spacial score (nSPS) is 9.47. The van der Waals surface area contributed by atoms with Crippen LogP contribution in [0.5, 0.6) is 0 Å². The zero-order valence-corrected chi connectivity index (χ0v) is 25.8. The number of hydrogen-bond donors (Lipinski definition) is 2. The van der Waals surface area contributed by atoms with Crippen molar-refractivity contribution in [3.05, 3.63) is 136 Å². The number of rotatable bonds is 5. The van der Waals surface area contributed by atoms with Gasteiger partial charge in [0.05, 0.1) is 13.2 Å². The predicted molar refractivity (Wildman–Crippen MR) is 146 cm³/mol. The molecule has 8 heteroatoms. The molecule has 214 valence electrons. The number of aliphatic hydroxyl groups excluding tert-OH is 2. The molecule has 0 heterocycles. The van der Waals surface area contributed by atoms with E-state index < -0.39 is 24.1 Å². The molecule has 6 nitrogen and oxygen atoms in total. The second kappa shape index (κ2) is 34.7. The van der Waals surface area contributed by atoms with Crippen molar-refractivity contribution in [2.75, 3.05) is 13.2 Å². The summed E-state index contributed by atoms with van der Waals surface area (Å²) in [4.78, 5) is 21.7. The van der Waals surface area contributed by atoms with Crippen molar-refractivity contribution in [1.82, 2.24) is 0 Å². The van der Waals surface area contributed by atoms with E-state index in [0.29, 0.717) is 0 Å². The van der Waals surface area contributed by atoms with Crippen molar-refractivity contribution in [3.63, 3.8) is 0 Å². The zero-order chi connectivity index (χ0) is 25.3. The number of esters is 2. The fraction of sp³-hybridized carbons (Fsp3) is 0.200. The van der Waals surface area contributed by atoms with Gasteiger partial charge in [-0.3, -0.25) is 0 Å². The topological polar surface area (TPSA) is 93.1 Å². The summed E-state index contributed by atoms with van der Waals surface area (Å²) in [7, 11) is 0. The number of aliphatic hydroxyl groups is 2. The maximum absolute atomic E-state index is 10.9. The van der Waals surface area contributed by atoms with E-state index in [1.807, 2.05) is 121 Å². The van der Waals surface area contributed by atoms with Gasteiger partial charge in [-0.15, -0.1) is 0 Å². The van der Waals surface area contributed by atoms with Gasteiger partial charge < -0.3 is 64.9 Å². The van der Waals surface area contributed by atoms with Gasteiger partial charge in [-0.05, 0) is 13.8 Å². The van der Waals surface area contributed by atoms with Crippen LogP contribution in [-0.4, -0.2) is 47.6 Å². The van der Waals surface area contributed by atoms with Gasteiger partial charge >= 0.3 is 11.9 Å². The van der Waals surface area contributed by atoms with Crippen LogP contribution in [0.4, 0.5) is 0 Å². The van der Waals surface area contributed by atoms with Crippen molar-refractivity contribution in [3.8, 4) is 0 Å². The molecular formula is C30H40O6Ti2-10. The second-order valence-electron chi connectivity index (χ2n) is 6.24. The number of ether oxygens (including phenoxy) is 2. The summed E-state index contributed by atoms with van der Waals surface area (Å²) in [5, 5.41) is 18.2. The molecule has 0 amide bonds. The van der Waals surface area contributed by atoms with Crippen LogP contribution in [0.3, 0.4) is 0 Å². The molecule has 4 aromatic rings. The fourth-order valence-corrected chi connectivity index (χ4v) is 2.00. The maximum Gasteiger partial charge on any atom is 0.338 e. The maximum atomic E-state index is 10.9. The third kappa shape index (κ3) is 28.3. The molecule has 0 aliphatic carbocycles. The number of carbonyl (C=O) groups is 2. The average Bonchev–Trinajstić information content (AvgIpc) is 3.68. The van der Waals surface area contributed by atoms with Crippen molar-refractivity contribution >= 4 is 11.9 Å². The van der Waals surface area contributed by atoms with Gasteiger partial charge in [-0.1, -0.05) is 0 Å². The summed E-state index contributed by atoms with van der Waals surface area (Å²) >= 11 is 0. The minimum atomic E-state index is -1.89. The van der Waals surface area contributed by atoms with E-state index in [9.17, 15) is 9.59 Å². The monoisotopic (exact) mass is 592 g/mol. The Kier molecular flexibility index (Phi) is 41.6. The van der Waals surface area contributed by atoms with Crippen LogP contribution in [-0.2, 0) is 62.5 Å². The minimum Gasteiger partial charge on any atom is -0.748 e. The van der Waals surface area contributed by atoms with Gasteiger partial charge in [-0.2, -0.15) is 54.6 Å². The van der Waals surface area contributed by atoms with Crippen molar-refractivity contribution in [2.24, 2.45) is 0 Å². The molecule has 0 aromatic heterocycles. The van der Waals surface area contributed by atoms with E-state index in [1.54, 1.807) is 13.8 Å². The zero-order valence-electron chi connectivity index (χ0n) is 22.6. The molecule has 0 spiro atoms. The van der Waals surface area contributed by atoms with Crippen LogP contribution in [0.1, 0.15) is 13.8 Å². The van der Waals surface area contributed by atoms with Gasteiger partial charge in [0.25, 0.3) is 0 Å². The van der Waals surface area contributed by atoms with Crippen LogP contribution in [0.15, 0.2) is 121 Å². The quantitative estimate of drug-likeness (QED) is 0.185. The Bertz CT molecular complexity index is 662. The standard InChI is InChI=1S/C8H14O6.4C5H5.2CH3.2Ti/c1-3-13-7(11)5(9)6(10)8(12)14-4-2;4*1-2-4-5-3-1;;;;/h5-6,9-10H,3-4H2,1-2H3;4*1-5H;2*1H3;;/q;-5;5*-1;;. The SMILES string of the molecule is CCOC(=O)C(O)C(O)C(=O)OCC.[CH3-].[CH3-].[Ti].[Ti].[cH-]1[cH-][cH-][cH-][cH-]1.c1cc[cH-]c1.c1cc[cH-]c1.c1cc[cH-]c1. The third-order valence-corrected chi connectivity index (χ3v) is 3.58. The number of carbonyl (C=O) groups excluding carboxylic acids is 2. The smallest absolute Gasteiger partial charge is 0.338 e. The van der Waals surface area contributed by atoms with Gasteiger partial charge in [-0.25, -0.2) is 46.0 Å². The molecule has 2 N–H and O–H groups in total. The van der Waals surface area contributed by atoms with E-state index in [0.717, 1.165) is 0 Å². The van der Waals surface area contributed by atoms with E-state index in [1.165, 1.54) is 0 Å². The van der Waals surface area contributed by atoms with Crippen molar-refractivity contribution in [1.29, 1.82) is 0 Å². The minimum absolute atomic E-state index is 0. The molecule has 2 unspecified atom stereocenters. The molecule has 0 aliphatic heterocycles. The Morgan fingerprint density at radius 1 is 0.579 bits per heavy atom.